The van der Waals surface area contributed by atoms with Gasteiger partial charge in [0.1, 0.15) is 5.82 Å². The number of amides is 1. The van der Waals surface area contributed by atoms with Crippen LogP contribution in [0, 0.1) is 13.8 Å². The zero-order valence-electron chi connectivity index (χ0n) is 11.2. The van der Waals surface area contributed by atoms with Crippen molar-refractivity contribution in [3.05, 3.63) is 45.6 Å². The van der Waals surface area contributed by atoms with E-state index in [1.54, 1.807) is 0 Å². The van der Waals surface area contributed by atoms with Gasteiger partial charge in [-0.15, -0.1) is 0 Å². The highest BCUT2D eigenvalue weighted by Crippen LogP contribution is 2.29. The first-order valence-electron chi connectivity index (χ1n) is 5.97. The zero-order valence-corrected chi connectivity index (χ0v) is 12.8. The summed E-state index contributed by atoms with van der Waals surface area (Å²) in [5.41, 5.74) is 14.6. The smallest absolute Gasteiger partial charge is 0.252 e. The molecular weight excluding hydrogens is 320 g/mol. The van der Waals surface area contributed by atoms with Gasteiger partial charge in [0, 0.05) is 10.2 Å². The number of carbonyl (C=O) groups excluding carboxylic acids is 1. The molecule has 5 N–H and O–H groups in total. The Bertz CT molecular complexity index is 662. The van der Waals surface area contributed by atoms with Crippen LogP contribution in [0.25, 0.3) is 0 Å². The second-order valence-electron chi connectivity index (χ2n) is 4.57. The third-order valence-electron chi connectivity index (χ3n) is 2.92. The van der Waals surface area contributed by atoms with Gasteiger partial charge in [0.15, 0.2) is 0 Å². The number of halogens is 1. The van der Waals surface area contributed by atoms with E-state index in [0.717, 1.165) is 21.3 Å². The molecule has 0 aliphatic carbocycles. The lowest BCUT2D eigenvalue weighted by Crippen LogP contribution is -2.15. The molecule has 2 aromatic rings. The van der Waals surface area contributed by atoms with Gasteiger partial charge < -0.3 is 16.8 Å². The number of anilines is 3. The van der Waals surface area contributed by atoms with Gasteiger partial charge in [0.2, 0.25) is 0 Å². The van der Waals surface area contributed by atoms with E-state index in [4.69, 9.17) is 11.5 Å². The van der Waals surface area contributed by atoms with Crippen LogP contribution < -0.4 is 16.8 Å². The Morgan fingerprint density at radius 3 is 2.40 bits per heavy atom. The number of nitrogen functional groups attached to an aromatic ring is 1. The Balaban J connectivity index is 2.48. The van der Waals surface area contributed by atoms with Crippen LogP contribution in [-0.4, -0.2) is 10.9 Å². The monoisotopic (exact) mass is 334 g/mol. The number of benzene rings is 1. The van der Waals surface area contributed by atoms with Crippen molar-refractivity contribution in [3.8, 4) is 0 Å². The Morgan fingerprint density at radius 2 is 1.85 bits per heavy atom. The topological polar surface area (TPSA) is 94.0 Å². The second kappa shape index (κ2) is 5.50. The van der Waals surface area contributed by atoms with Crippen molar-refractivity contribution in [1.29, 1.82) is 0 Å². The number of aromatic nitrogens is 1. The third kappa shape index (κ3) is 2.91. The summed E-state index contributed by atoms with van der Waals surface area (Å²) in [5.74, 6) is -0.167. The summed E-state index contributed by atoms with van der Waals surface area (Å²) in [6, 6.07) is 5.48. The highest BCUT2D eigenvalue weighted by Gasteiger charge is 2.13. The Labute approximate surface area is 125 Å². The van der Waals surface area contributed by atoms with E-state index >= 15 is 0 Å². The molecule has 0 aliphatic rings. The molecule has 1 amide bonds. The first-order chi connectivity index (χ1) is 9.38. The average molecular weight is 335 g/mol. The molecule has 1 aromatic carbocycles. The number of primary amides is 1. The predicted octanol–water partition coefficient (Wildman–Crippen LogP) is 2.89. The van der Waals surface area contributed by atoms with Crippen molar-refractivity contribution < 1.29 is 4.79 Å². The summed E-state index contributed by atoms with van der Waals surface area (Å²) in [5, 5.41) is 3.16. The minimum atomic E-state index is -0.570. The summed E-state index contributed by atoms with van der Waals surface area (Å²) < 4.78 is 0.999. The molecule has 0 saturated heterocycles. The van der Waals surface area contributed by atoms with Crippen LogP contribution >= 0.6 is 15.9 Å². The van der Waals surface area contributed by atoms with Crippen LogP contribution in [0.2, 0.25) is 0 Å². The molecule has 0 atom stereocenters. The molecule has 0 spiro atoms. The van der Waals surface area contributed by atoms with Gasteiger partial charge in [-0.1, -0.05) is 15.9 Å². The van der Waals surface area contributed by atoms with Crippen molar-refractivity contribution in [2.24, 2.45) is 5.73 Å². The number of pyridine rings is 1. The van der Waals surface area contributed by atoms with E-state index in [9.17, 15) is 4.79 Å². The van der Waals surface area contributed by atoms with Gasteiger partial charge in [-0.25, -0.2) is 4.98 Å². The highest BCUT2D eigenvalue weighted by molar-refractivity contribution is 9.10. The number of hydrogen-bond donors (Lipinski definition) is 3. The highest BCUT2D eigenvalue weighted by atomic mass is 79.9. The molecule has 0 radical (unpaired) electrons. The predicted molar refractivity (Wildman–Crippen MR) is 84.1 cm³/mol. The summed E-state index contributed by atoms with van der Waals surface area (Å²) in [4.78, 5) is 15.6. The minimum Gasteiger partial charge on any atom is -0.397 e. The standard InChI is InChI=1S/C14H15BrN4O/c1-7-3-9(15)4-8(2)12(7)19-14-11(13(17)20)5-10(16)6-18-14/h3-6H,16H2,1-2H3,(H2,17,20)(H,18,19). The first-order valence-corrected chi connectivity index (χ1v) is 6.77. The van der Waals surface area contributed by atoms with Gasteiger partial charge in [-0.2, -0.15) is 0 Å². The van der Waals surface area contributed by atoms with E-state index in [0.29, 0.717) is 11.5 Å². The van der Waals surface area contributed by atoms with E-state index in [1.807, 2.05) is 26.0 Å². The molecule has 2 rings (SSSR count). The van der Waals surface area contributed by atoms with Gasteiger partial charge in [0.25, 0.3) is 5.91 Å². The van der Waals surface area contributed by atoms with E-state index in [-0.39, 0.29) is 5.56 Å². The molecule has 20 heavy (non-hydrogen) atoms. The lowest BCUT2D eigenvalue weighted by atomic mass is 10.1. The largest absolute Gasteiger partial charge is 0.397 e. The van der Waals surface area contributed by atoms with Gasteiger partial charge in [-0.05, 0) is 43.2 Å². The van der Waals surface area contributed by atoms with E-state index < -0.39 is 5.91 Å². The lowest BCUT2D eigenvalue weighted by molar-refractivity contribution is 0.100. The summed E-state index contributed by atoms with van der Waals surface area (Å²) in [6.45, 7) is 3.95. The minimum absolute atomic E-state index is 0.270. The number of rotatable bonds is 3. The van der Waals surface area contributed by atoms with E-state index in [2.05, 4.69) is 26.2 Å². The molecule has 0 fully saturated rings. The quantitative estimate of drug-likeness (QED) is 0.804. The zero-order chi connectivity index (χ0) is 14.9. The van der Waals surface area contributed by atoms with E-state index in [1.165, 1.54) is 12.3 Å². The van der Waals surface area contributed by atoms with Crippen molar-refractivity contribution in [3.63, 3.8) is 0 Å². The summed E-state index contributed by atoms with van der Waals surface area (Å²) in [6.07, 6.45) is 1.48. The number of carbonyl (C=O) groups is 1. The fourth-order valence-electron chi connectivity index (χ4n) is 1.99. The Morgan fingerprint density at radius 1 is 1.25 bits per heavy atom. The summed E-state index contributed by atoms with van der Waals surface area (Å²) in [7, 11) is 0. The van der Waals surface area contributed by atoms with Crippen molar-refractivity contribution >= 4 is 39.0 Å². The molecular formula is C14H15BrN4O. The number of nitrogens with zero attached hydrogens (tertiary/aromatic N) is 1. The molecule has 0 bridgehead atoms. The van der Waals surface area contributed by atoms with Crippen molar-refractivity contribution in [1.82, 2.24) is 4.98 Å². The number of nitrogens with two attached hydrogens (primary N) is 2. The lowest BCUT2D eigenvalue weighted by Gasteiger charge is -2.14. The fourth-order valence-corrected chi connectivity index (χ4v) is 2.68. The maximum Gasteiger partial charge on any atom is 0.252 e. The fraction of sp³-hybridized carbons (Fsp3) is 0.143. The molecule has 0 unspecified atom stereocenters. The van der Waals surface area contributed by atoms with Crippen molar-refractivity contribution in [2.45, 2.75) is 13.8 Å². The van der Waals surface area contributed by atoms with Gasteiger partial charge in [-0.3, -0.25) is 4.79 Å². The van der Waals surface area contributed by atoms with Crippen LogP contribution in [0.1, 0.15) is 21.5 Å². The first kappa shape index (κ1) is 14.3. The summed E-state index contributed by atoms with van der Waals surface area (Å²) >= 11 is 3.45. The average Bonchev–Trinajstić information content (AvgIpc) is 2.34. The van der Waals surface area contributed by atoms with Gasteiger partial charge >= 0.3 is 0 Å². The maximum absolute atomic E-state index is 11.5. The number of aryl methyl sites for hydroxylation is 2. The molecule has 1 aromatic heterocycles. The molecule has 5 nitrogen and oxygen atoms in total. The maximum atomic E-state index is 11.5. The van der Waals surface area contributed by atoms with Crippen LogP contribution in [0.3, 0.4) is 0 Å². The normalized spacial score (nSPS) is 10.3. The Kier molecular flexibility index (Phi) is 3.94. The molecule has 104 valence electrons. The molecule has 1 heterocycles. The van der Waals surface area contributed by atoms with Gasteiger partial charge in [0.05, 0.1) is 17.4 Å². The van der Waals surface area contributed by atoms with Crippen LogP contribution in [0.15, 0.2) is 28.9 Å². The van der Waals surface area contributed by atoms with Crippen LogP contribution in [0.4, 0.5) is 17.2 Å². The number of hydrogen-bond acceptors (Lipinski definition) is 4. The number of nitrogens with one attached hydrogen (secondary N) is 1. The van der Waals surface area contributed by atoms with Crippen LogP contribution in [-0.2, 0) is 0 Å². The van der Waals surface area contributed by atoms with Crippen molar-refractivity contribution in [2.75, 3.05) is 11.1 Å². The third-order valence-corrected chi connectivity index (χ3v) is 3.37. The molecule has 6 heteroatoms. The molecule has 0 saturated carbocycles. The van der Waals surface area contributed by atoms with Crippen LogP contribution in [0.5, 0.6) is 0 Å². The second-order valence-corrected chi connectivity index (χ2v) is 5.48. The molecule has 0 aliphatic heterocycles. The Hall–Kier alpha value is -2.08. The SMILES string of the molecule is Cc1cc(Br)cc(C)c1Nc1ncc(N)cc1C(N)=O.